The van der Waals surface area contributed by atoms with E-state index in [-0.39, 0.29) is 11.5 Å². The molecule has 0 spiro atoms. The van der Waals surface area contributed by atoms with Gasteiger partial charge in [-0.3, -0.25) is 0 Å². The Morgan fingerprint density at radius 1 is 1.21 bits per heavy atom. The smallest absolute Gasteiger partial charge is 0.223 e. The minimum atomic E-state index is -3.89. The molecule has 1 aromatic carbocycles. The highest BCUT2D eigenvalue weighted by molar-refractivity contribution is 7.89. The molecule has 2 aromatic heterocycles. The average Bonchev–Trinajstić information content (AvgIpc) is 3.06. The summed E-state index contributed by atoms with van der Waals surface area (Å²) in [6.45, 7) is 7.97. The Kier molecular flexibility index (Phi) is 5.52. The van der Waals surface area contributed by atoms with Gasteiger partial charge in [0.2, 0.25) is 15.8 Å². The van der Waals surface area contributed by atoms with Gasteiger partial charge in [-0.1, -0.05) is 23.8 Å². The Balaban J connectivity index is 1.88. The number of nitrogens with zero attached hydrogens (tertiary/aromatic N) is 5. The van der Waals surface area contributed by atoms with E-state index in [4.69, 9.17) is 5.14 Å². The fourth-order valence-corrected chi connectivity index (χ4v) is 4.11. The molecule has 0 saturated heterocycles. The van der Waals surface area contributed by atoms with Gasteiger partial charge in [-0.2, -0.15) is 4.80 Å². The minimum Gasteiger partial charge on any atom is -0.383 e. The molecule has 154 valence electrons. The first-order valence-electron chi connectivity index (χ1n) is 9.00. The van der Waals surface area contributed by atoms with Gasteiger partial charge in [-0.25, -0.2) is 18.5 Å². The molecule has 0 unspecified atom stereocenters. The summed E-state index contributed by atoms with van der Waals surface area (Å²) in [6.07, 6.45) is 0. The van der Waals surface area contributed by atoms with Crippen molar-refractivity contribution < 1.29 is 13.5 Å². The number of hydrogen-bond acceptors (Lipinski definition) is 7. The Hall–Kier alpha value is -2.69. The first kappa shape index (κ1) is 21.0. The van der Waals surface area contributed by atoms with Crippen LogP contribution in [0.5, 0.6) is 0 Å². The van der Waals surface area contributed by atoms with E-state index in [1.54, 1.807) is 12.1 Å². The van der Waals surface area contributed by atoms with E-state index in [1.165, 1.54) is 28.9 Å². The molecular weight excluding hydrogens is 392 g/mol. The first-order valence-corrected chi connectivity index (χ1v) is 10.7. The van der Waals surface area contributed by atoms with Gasteiger partial charge in [0.15, 0.2) is 0 Å². The van der Waals surface area contributed by atoms with Crippen molar-refractivity contribution in [1.82, 2.24) is 25.2 Å². The van der Waals surface area contributed by atoms with E-state index in [0.717, 1.165) is 11.1 Å². The summed E-state index contributed by atoms with van der Waals surface area (Å²) in [6, 6.07) is 9.05. The van der Waals surface area contributed by atoms with E-state index in [9.17, 15) is 13.5 Å². The molecule has 3 N–H and O–H groups in total. The number of primary sulfonamides is 1. The molecule has 9 nitrogen and oxygen atoms in total. The molecule has 10 heteroatoms. The lowest BCUT2D eigenvalue weighted by molar-refractivity contribution is 0.0773. The third-order valence-electron chi connectivity index (χ3n) is 4.70. The molecule has 1 atom stereocenters. The number of sulfonamides is 1. The summed E-state index contributed by atoms with van der Waals surface area (Å²) in [7, 11) is -3.89. The van der Waals surface area contributed by atoms with Crippen LogP contribution in [0, 0.1) is 20.8 Å². The van der Waals surface area contributed by atoms with Crippen LogP contribution in [-0.4, -0.2) is 44.5 Å². The molecular formula is C19H24N6O3S. The fraction of sp³-hybridized carbons (Fsp3) is 0.368. The lowest BCUT2D eigenvalue weighted by atomic mass is 10.0. The van der Waals surface area contributed by atoms with Gasteiger partial charge in [0.1, 0.15) is 11.3 Å². The third-order valence-corrected chi connectivity index (χ3v) is 5.66. The molecule has 3 aromatic rings. The van der Waals surface area contributed by atoms with Crippen LogP contribution >= 0.6 is 0 Å². The van der Waals surface area contributed by atoms with Crippen LogP contribution in [0.3, 0.4) is 0 Å². The number of hydrogen-bond donors (Lipinski definition) is 2. The quantitative estimate of drug-likeness (QED) is 0.616. The van der Waals surface area contributed by atoms with Crippen LogP contribution in [0.1, 0.15) is 34.9 Å². The second-order valence-electron chi connectivity index (χ2n) is 7.50. The zero-order chi connectivity index (χ0) is 21.4. The predicted octanol–water partition coefficient (Wildman–Crippen LogP) is 1.20. The van der Waals surface area contributed by atoms with Gasteiger partial charge in [-0.05, 0) is 61.7 Å². The van der Waals surface area contributed by atoms with Crippen molar-refractivity contribution in [3.05, 3.63) is 58.3 Å². The van der Waals surface area contributed by atoms with Crippen molar-refractivity contribution in [1.29, 1.82) is 0 Å². The molecule has 0 fully saturated rings. The van der Waals surface area contributed by atoms with E-state index < -0.39 is 21.4 Å². The van der Waals surface area contributed by atoms with Crippen LogP contribution < -0.4 is 5.14 Å². The van der Waals surface area contributed by atoms with Gasteiger partial charge in [-0.15, -0.1) is 10.2 Å². The number of aryl methyl sites for hydroxylation is 2. The van der Waals surface area contributed by atoms with Crippen molar-refractivity contribution in [2.45, 2.75) is 39.8 Å². The summed E-state index contributed by atoms with van der Waals surface area (Å²) in [5, 5.41) is 28.1. The van der Waals surface area contributed by atoms with Crippen LogP contribution in [-0.2, 0) is 22.2 Å². The number of aliphatic hydroxyl groups is 1. The minimum absolute atomic E-state index is 0.158. The normalized spacial score (nSPS) is 14.0. The predicted molar refractivity (Wildman–Crippen MR) is 108 cm³/mol. The van der Waals surface area contributed by atoms with Crippen molar-refractivity contribution in [3.63, 3.8) is 0 Å². The zero-order valence-electron chi connectivity index (χ0n) is 16.8. The molecule has 0 saturated carbocycles. The Bertz CT molecular complexity index is 1150. The third kappa shape index (κ3) is 5.03. The van der Waals surface area contributed by atoms with Gasteiger partial charge in [0.25, 0.3) is 0 Å². The Morgan fingerprint density at radius 2 is 1.93 bits per heavy atom. The van der Waals surface area contributed by atoms with Crippen LogP contribution in [0.15, 0.2) is 30.3 Å². The standard InChI is InChI=1S/C19H24N6O3S/c1-12-8-13(2)14(3)15(9-12)10-25-23-18(22-24-25)16-6-5-7-17(21-16)19(4,26)11-29(20,27)28/h5-9,26H,10-11H2,1-4H3,(H2,20,27,28)/t19-/m0/s1. The molecule has 3 rings (SSSR count). The molecule has 0 radical (unpaired) electrons. The number of tetrazole rings is 1. The van der Waals surface area contributed by atoms with Gasteiger partial charge < -0.3 is 5.11 Å². The van der Waals surface area contributed by atoms with Gasteiger partial charge in [0.05, 0.1) is 18.0 Å². The SMILES string of the molecule is Cc1cc(C)c(C)c(Cn2nnc(-c3cccc([C@@](C)(O)CS(N)(=O)=O)n3)n2)c1. The lowest BCUT2D eigenvalue weighted by Gasteiger charge is -2.21. The van der Waals surface area contributed by atoms with E-state index in [2.05, 4.69) is 46.4 Å². The molecule has 0 amide bonds. The molecule has 0 aliphatic heterocycles. The Labute approximate surface area is 169 Å². The maximum absolute atomic E-state index is 11.4. The Morgan fingerprint density at radius 3 is 2.62 bits per heavy atom. The molecule has 0 aliphatic carbocycles. The fourth-order valence-electron chi connectivity index (χ4n) is 3.18. The number of nitrogens with two attached hydrogens (primary N) is 1. The first-order chi connectivity index (χ1) is 13.4. The van der Waals surface area contributed by atoms with Crippen molar-refractivity contribution in [2.75, 3.05) is 5.75 Å². The largest absolute Gasteiger partial charge is 0.383 e. The molecule has 0 bridgehead atoms. The number of aromatic nitrogens is 5. The molecule has 29 heavy (non-hydrogen) atoms. The molecule has 2 heterocycles. The zero-order valence-corrected chi connectivity index (χ0v) is 17.6. The highest BCUT2D eigenvalue weighted by atomic mass is 32.2. The van der Waals surface area contributed by atoms with E-state index in [1.807, 2.05) is 6.92 Å². The summed E-state index contributed by atoms with van der Waals surface area (Å²) in [5.41, 5.74) is 3.43. The highest BCUT2D eigenvalue weighted by Crippen LogP contribution is 2.23. The summed E-state index contributed by atoms with van der Waals surface area (Å²) < 4.78 is 22.8. The lowest BCUT2D eigenvalue weighted by Crippen LogP contribution is -2.35. The topological polar surface area (TPSA) is 137 Å². The number of benzene rings is 1. The van der Waals surface area contributed by atoms with Crippen molar-refractivity contribution in [3.8, 4) is 11.5 Å². The van der Waals surface area contributed by atoms with E-state index >= 15 is 0 Å². The monoisotopic (exact) mass is 416 g/mol. The van der Waals surface area contributed by atoms with Crippen LogP contribution in [0.4, 0.5) is 0 Å². The highest BCUT2D eigenvalue weighted by Gasteiger charge is 2.30. The van der Waals surface area contributed by atoms with Gasteiger partial charge >= 0.3 is 0 Å². The average molecular weight is 417 g/mol. The van der Waals surface area contributed by atoms with Crippen molar-refractivity contribution in [2.24, 2.45) is 5.14 Å². The second kappa shape index (κ2) is 7.62. The second-order valence-corrected chi connectivity index (χ2v) is 9.11. The molecule has 0 aliphatic rings. The van der Waals surface area contributed by atoms with Crippen LogP contribution in [0.2, 0.25) is 0 Å². The van der Waals surface area contributed by atoms with Crippen molar-refractivity contribution >= 4 is 10.0 Å². The van der Waals surface area contributed by atoms with Crippen LogP contribution in [0.25, 0.3) is 11.5 Å². The summed E-state index contributed by atoms with van der Waals surface area (Å²) in [4.78, 5) is 5.80. The summed E-state index contributed by atoms with van der Waals surface area (Å²) in [5.74, 6) is -0.372. The van der Waals surface area contributed by atoms with Gasteiger partial charge in [0, 0.05) is 0 Å². The maximum Gasteiger partial charge on any atom is 0.223 e. The number of rotatable bonds is 6. The maximum atomic E-state index is 11.4. The summed E-state index contributed by atoms with van der Waals surface area (Å²) >= 11 is 0. The number of pyridine rings is 1. The van der Waals surface area contributed by atoms with E-state index in [0.29, 0.717) is 12.2 Å².